The number of hydrogen-bond donors (Lipinski definition) is 0. The van der Waals surface area contributed by atoms with Crippen molar-refractivity contribution in [1.29, 1.82) is 0 Å². The van der Waals surface area contributed by atoms with E-state index in [2.05, 4.69) is 15.9 Å². The number of ether oxygens (including phenoxy) is 1. The molecule has 39 heavy (non-hydrogen) atoms. The fourth-order valence-corrected chi connectivity index (χ4v) is 4.56. The molecule has 1 aliphatic rings. The van der Waals surface area contributed by atoms with Crippen LogP contribution in [0.1, 0.15) is 34.7 Å². The van der Waals surface area contributed by atoms with Crippen molar-refractivity contribution in [1.82, 2.24) is 5.01 Å². The van der Waals surface area contributed by atoms with Gasteiger partial charge in [0.25, 0.3) is 5.91 Å². The van der Waals surface area contributed by atoms with Gasteiger partial charge in [0.05, 0.1) is 11.8 Å². The van der Waals surface area contributed by atoms with E-state index < -0.39 is 5.97 Å². The number of nitrogens with zero attached hydrogens (tertiary/aromatic N) is 2. The topological polar surface area (TPSA) is 59.0 Å². The molecule has 0 unspecified atom stereocenters. The fraction of sp³-hybridized carbons (Fsp3) is 0.0606. The Hall–Kier alpha value is -4.55. The van der Waals surface area contributed by atoms with Gasteiger partial charge in [0.1, 0.15) is 5.75 Å². The van der Waals surface area contributed by atoms with E-state index in [1.807, 2.05) is 97.1 Å². The SMILES string of the molecule is O=C(/C=C/c1ccccc1)Oc1ccccc1C1=NN(C(=O)/C=C/c2ccccc2)[C@@H](c2ccc(Br)cc2)C1. The minimum atomic E-state index is -0.493. The van der Waals surface area contributed by atoms with Gasteiger partial charge in [0.15, 0.2) is 0 Å². The first kappa shape index (κ1) is 26.1. The lowest BCUT2D eigenvalue weighted by molar-refractivity contribution is -0.129. The Labute approximate surface area is 235 Å². The van der Waals surface area contributed by atoms with Crippen molar-refractivity contribution in [3.8, 4) is 5.75 Å². The summed E-state index contributed by atoms with van der Waals surface area (Å²) in [7, 11) is 0. The van der Waals surface area contributed by atoms with Crippen LogP contribution in [0.3, 0.4) is 0 Å². The normalized spacial score (nSPS) is 15.1. The highest BCUT2D eigenvalue weighted by Crippen LogP contribution is 2.35. The van der Waals surface area contributed by atoms with Gasteiger partial charge in [-0.3, -0.25) is 4.79 Å². The summed E-state index contributed by atoms with van der Waals surface area (Å²) in [6.45, 7) is 0. The maximum atomic E-state index is 13.4. The van der Waals surface area contributed by atoms with Crippen LogP contribution in [-0.4, -0.2) is 22.6 Å². The summed E-state index contributed by atoms with van der Waals surface area (Å²) in [6, 6.07) is 34.0. The zero-order valence-electron chi connectivity index (χ0n) is 21.0. The summed E-state index contributed by atoms with van der Waals surface area (Å²) < 4.78 is 6.66. The van der Waals surface area contributed by atoms with Crippen LogP contribution in [0.2, 0.25) is 0 Å². The van der Waals surface area contributed by atoms with Crippen LogP contribution in [0.25, 0.3) is 12.2 Å². The molecule has 5 rings (SSSR count). The van der Waals surface area contributed by atoms with Crippen molar-refractivity contribution in [3.05, 3.63) is 148 Å². The van der Waals surface area contributed by atoms with Crippen LogP contribution in [0.4, 0.5) is 0 Å². The molecule has 5 nitrogen and oxygen atoms in total. The molecule has 1 aliphatic heterocycles. The molecule has 0 aromatic heterocycles. The first-order valence-electron chi connectivity index (χ1n) is 12.5. The molecular formula is C33H25BrN2O3. The van der Waals surface area contributed by atoms with E-state index in [4.69, 9.17) is 9.84 Å². The van der Waals surface area contributed by atoms with Crippen molar-refractivity contribution in [3.63, 3.8) is 0 Å². The summed E-state index contributed by atoms with van der Waals surface area (Å²) in [5.41, 5.74) is 4.12. The molecule has 6 heteroatoms. The third kappa shape index (κ3) is 6.67. The van der Waals surface area contributed by atoms with Gasteiger partial charge in [0.2, 0.25) is 0 Å². The highest BCUT2D eigenvalue weighted by atomic mass is 79.9. The van der Waals surface area contributed by atoms with Crippen molar-refractivity contribution in [2.75, 3.05) is 0 Å². The van der Waals surface area contributed by atoms with Crippen LogP contribution in [-0.2, 0) is 9.59 Å². The highest BCUT2D eigenvalue weighted by Gasteiger charge is 2.33. The molecule has 0 aliphatic carbocycles. The summed E-state index contributed by atoms with van der Waals surface area (Å²) in [5.74, 6) is -0.335. The van der Waals surface area contributed by atoms with Gasteiger partial charge in [-0.1, -0.05) is 101 Å². The maximum absolute atomic E-state index is 13.4. The smallest absolute Gasteiger partial charge is 0.336 e. The molecular weight excluding hydrogens is 552 g/mol. The largest absolute Gasteiger partial charge is 0.423 e. The predicted molar refractivity (Wildman–Crippen MR) is 158 cm³/mol. The van der Waals surface area contributed by atoms with Gasteiger partial charge < -0.3 is 4.74 Å². The van der Waals surface area contributed by atoms with Gasteiger partial charge >= 0.3 is 5.97 Å². The van der Waals surface area contributed by atoms with Gasteiger partial charge in [-0.15, -0.1) is 0 Å². The summed E-state index contributed by atoms with van der Waals surface area (Å²) in [6.07, 6.45) is 6.90. The van der Waals surface area contributed by atoms with Crippen LogP contribution in [0.15, 0.2) is 131 Å². The fourth-order valence-electron chi connectivity index (χ4n) is 4.29. The van der Waals surface area contributed by atoms with Crippen molar-refractivity contribution < 1.29 is 14.3 Å². The first-order chi connectivity index (χ1) is 19.1. The predicted octanol–water partition coefficient (Wildman–Crippen LogP) is 7.46. The zero-order chi connectivity index (χ0) is 27.0. The van der Waals surface area contributed by atoms with Crippen LogP contribution >= 0.6 is 15.9 Å². The molecule has 0 bridgehead atoms. The molecule has 1 heterocycles. The van der Waals surface area contributed by atoms with Crippen molar-refractivity contribution in [2.45, 2.75) is 12.5 Å². The number of hydrazone groups is 1. The molecule has 0 fully saturated rings. The number of carbonyl (C=O) groups is 2. The maximum Gasteiger partial charge on any atom is 0.336 e. The Morgan fingerprint density at radius 1 is 0.769 bits per heavy atom. The standard InChI is InChI=1S/C33H25BrN2O3/c34-27-19-17-26(18-20-27)30-23-29(35-36(30)32(37)21-15-24-9-3-1-4-10-24)28-13-7-8-14-31(28)39-33(38)22-16-25-11-5-2-6-12-25/h1-22,30H,23H2/b21-15+,22-16+/t30-/m1/s1. The lowest BCUT2D eigenvalue weighted by atomic mass is 9.98. The zero-order valence-corrected chi connectivity index (χ0v) is 22.6. The van der Waals surface area contributed by atoms with E-state index in [9.17, 15) is 9.59 Å². The molecule has 4 aromatic carbocycles. The van der Waals surface area contributed by atoms with Gasteiger partial charge in [-0.05, 0) is 53.1 Å². The number of benzene rings is 4. The Morgan fingerprint density at radius 2 is 1.36 bits per heavy atom. The Balaban J connectivity index is 1.42. The molecule has 0 N–H and O–H groups in total. The molecule has 0 saturated carbocycles. The second-order valence-corrected chi connectivity index (χ2v) is 9.82. The molecule has 1 atom stereocenters. The minimum Gasteiger partial charge on any atom is -0.423 e. The third-order valence-electron chi connectivity index (χ3n) is 6.23. The number of amides is 1. The van der Waals surface area contributed by atoms with E-state index >= 15 is 0 Å². The molecule has 0 saturated heterocycles. The number of para-hydroxylation sites is 1. The minimum absolute atomic E-state index is 0.234. The van der Waals surface area contributed by atoms with Crippen LogP contribution in [0.5, 0.6) is 5.75 Å². The summed E-state index contributed by atoms with van der Waals surface area (Å²) >= 11 is 3.48. The quantitative estimate of drug-likeness (QED) is 0.130. The lowest BCUT2D eigenvalue weighted by Crippen LogP contribution is -2.25. The molecule has 4 aromatic rings. The Bertz CT molecular complexity index is 1550. The second kappa shape index (κ2) is 12.3. The summed E-state index contributed by atoms with van der Waals surface area (Å²) in [4.78, 5) is 26.0. The van der Waals surface area contributed by atoms with Gasteiger partial charge in [0, 0.05) is 28.6 Å². The van der Waals surface area contributed by atoms with Crippen LogP contribution in [0, 0.1) is 0 Å². The van der Waals surface area contributed by atoms with E-state index in [1.165, 1.54) is 17.2 Å². The number of carbonyl (C=O) groups excluding carboxylic acids is 2. The molecule has 0 radical (unpaired) electrons. The monoisotopic (exact) mass is 576 g/mol. The van der Waals surface area contributed by atoms with Gasteiger partial charge in [-0.2, -0.15) is 5.10 Å². The van der Waals surface area contributed by atoms with Crippen molar-refractivity contribution in [2.24, 2.45) is 5.10 Å². The number of esters is 1. The Kier molecular flexibility index (Phi) is 8.24. The number of halogens is 1. The molecule has 1 amide bonds. The lowest BCUT2D eigenvalue weighted by Gasteiger charge is -2.20. The molecule has 192 valence electrons. The van der Waals surface area contributed by atoms with Gasteiger partial charge in [-0.25, -0.2) is 9.80 Å². The molecule has 0 spiro atoms. The number of rotatable bonds is 7. The first-order valence-corrected chi connectivity index (χ1v) is 13.3. The van der Waals surface area contributed by atoms with E-state index in [0.717, 1.165) is 21.2 Å². The average Bonchev–Trinajstić information content (AvgIpc) is 3.42. The second-order valence-electron chi connectivity index (χ2n) is 8.91. The van der Waals surface area contributed by atoms with E-state index in [0.29, 0.717) is 23.4 Å². The summed E-state index contributed by atoms with van der Waals surface area (Å²) in [5, 5.41) is 6.25. The number of hydrogen-bond acceptors (Lipinski definition) is 4. The Morgan fingerprint density at radius 3 is 2.03 bits per heavy atom. The van der Waals surface area contributed by atoms with E-state index in [1.54, 1.807) is 24.3 Å². The van der Waals surface area contributed by atoms with E-state index in [-0.39, 0.29) is 11.9 Å². The van der Waals surface area contributed by atoms with Crippen LogP contribution < -0.4 is 4.74 Å². The average molecular weight is 577 g/mol. The third-order valence-corrected chi connectivity index (χ3v) is 6.76. The van der Waals surface area contributed by atoms with Crippen molar-refractivity contribution >= 4 is 45.7 Å². The highest BCUT2D eigenvalue weighted by molar-refractivity contribution is 9.10.